The molecule has 1 aliphatic rings. The molecule has 0 heterocycles. The molecule has 1 fully saturated rings. The van der Waals surface area contributed by atoms with E-state index >= 15 is 0 Å². The van der Waals surface area contributed by atoms with Gasteiger partial charge in [0.2, 0.25) is 11.8 Å². The molecule has 7 nitrogen and oxygen atoms in total. The van der Waals surface area contributed by atoms with E-state index in [0.29, 0.717) is 12.1 Å². The number of anilines is 1. The molecule has 1 saturated carbocycles. The van der Waals surface area contributed by atoms with E-state index in [1.54, 1.807) is 35.2 Å². The molecule has 0 bridgehead atoms. The SMILES string of the molecule is Cc1ccc(CN(C(=O)CN(c2ccc(I)cc2)S(=O)(=O)c2ccccc2)C(Cc2ccccc2)C(=O)NC2CCCCC2)cc1. The van der Waals surface area contributed by atoms with Gasteiger partial charge in [0, 0.05) is 22.6 Å². The summed E-state index contributed by atoms with van der Waals surface area (Å²) in [5.41, 5.74) is 3.23. The van der Waals surface area contributed by atoms with Crippen molar-refractivity contribution >= 4 is 50.1 Å². The average Bonchev–Trinajstić information content (AvgIpc) is 3.07. The molecule has 0 saturated heterocycles. The van der Waals surface area contributed by atoms with Gasteiger partial charge in [-0.15, -0.1) is 0 Å². The quantitative estimate of drug-likeness (QED) is 0.160. The van der Waals surface area contributed by atoms with Crippen LogP contribution >= 0.6 is 22.6 Å². The third-order valence-corrected chi connectivity index (χ3v) is 10.9. The summed E-state index contributed by atoms with van der Waals surface area (Å²) in [4.78, 5) is 30.4. The molecular formula is C37H40IN3O4S. The zero-order chi connectivity index (χ0) is 32.5. The molecule has 5 rings (SSSR count). The largest absolute Gasteiger partial charge is 0.352 e. The van der Waals surface area contributed by atoms with E-state index in [1.165, 1.54) is 12.1 Å². The first-order chi connectivity index (χ1) is 22.2. The van der Waals surface area contributed by atoms with Crippen molar-refractivity contribution < 1.29 is 18.0 Å². The smallest absolute Gasteiger partial charge is 0.264 e. The van der Waals surface area contributed by atoms with Gasteiger partial charge >= 0.3 is 0 Å². The Morgan fingerprint density at radius 2 is 1.41 bits per heavy atom. The van der Waals surface area contributed by atoms with Crippen LogP contribution < -0.4 is 9.62 Å². The van der Waals surface area contributed by atoms with Crippen molar-refractivity contribution in [2.45, 2.75) is 69.0 Å². The number of hydrogen-bond acceptors (Lipinski definition) is 4. The second-order valence-corrected chi connectivity index (χ2v) is 15.0. The van der Waals surface area contributed by atoms with Crippen LogP contribution in [0.25, 0.3) is 0 Å². The van der Waals surface area contributed by atoms with Crippen molar-refractivity contribution in [3.8, 4) is 0 Å². The lowest BCUT2D eigenvalue weighted by atomic mass is 9.94. The Balaban J connectivity index is 1.55. The highest BCUT2D eigenvalue weighted by atomic mass is 127. The average molecular weight is 750 g/mol. The van der Waals surface area contributed by atoms with Crippen LogP contribution in [0.15, 0.2) is 114 Å². The first-order valence-electron chi connectivity index (χ1n) is 15.7. The molecule has 4 aromatic rings. The maximum Gasteiger partial charge on any atom is 0.264 e. The number of nitrogens with zero attached hydrogens (tertiary/aromatic N) is 2. The molecule has 1 aliphatic carbocycles. The van der Waals surface area contributed by atoms with E-state index in [0.717, 1.165) is 56.7 Å². The molecular weight excluding hydrogens is 709 g/mol. The lowest BCUT2D eigenvalue weighted by Gasteiger charge is -2.35. The molecule has 46 heavy (non-hydrogen) atoms. The van der Waals surface area contributed by atoms with Crippen LogP contribution in [-0.2, 0) is 32.6 Å². The van der Waals surface area contributed by atoms with Gasteiger partial charge in [0.1, 0.15) is 12.6 Å². The van der Waals surface area contributed by atoms with E-state index in [-0.39, 0.29) is 23.4 Å². The van der Waals surface area contributed by atoms with Crippen LogP contribution in [0.1, 0.15) is 48.8 Å². The lowest BCUT2D eigenvalue weighted by molar-refractivity contribution is -0.140. The van der Waals surface area contributed by atoms with Crippen LogP contribution in [0.2, 0.25) is 0 Å². The Morgan fingerprint density at radius 1 is 0.804 bits per heavy atom. The van der Waals surface area contributed by atoms with E-state index in [4.69, 9.17) is 0 Å². The normalized spacial score (nSPS) is 14.3. The molecule has 1 unspecified atom stereocenters. The molecule has 2 amide bonds. The highest BCUT2D eigenvalue weighted by Gasteiger charge is 2.35. The molecule has 240 valence electrons. The summed E-state index contributed by atoms with van der Waals surface area (Å²) in [6, 6.07) is 31.9. The Kier molecular flexibility index (Phi) is 11.5. The van der Waals surface area contributed by atoms with Crippen LogP contribution in [0.5, 0.6) is 0 Å². The first-order valence-corrected chi connectivity index (χ1v) is 18.3. The molecule has 0 radical (unpaired) electrons. The van der Waals surface area contributed by atoms with Crippen molar-refractivity contribution in [2.75, 3.05) is 10.8 Å². The summed E-state index contributed by atoms with van der Waals surface area (Å²) >= 11 is 2.16. The number of rotatable bonds is 12. The Hall–Kier alpha value is -3.70. The maximum atomic E-state index is 14.6. The molecule has 1 N–H and O–H groups in total. The molecule has 4 aromatic carbocycles. The van der Waals surface area contributed by atoms with Crippen LogP contribution in [-0.4, -0.2) is 43.8 Å². The number of carbonyl (C=O) groups is 2. The van der Waals surface area contributed by atoms with Gasteiger partial charge in [-0.2, -0.15) is 0 Å². The molecule has 1 atom stereocenters. The van der Waals surface area contributed by atoms with Gasteiger partial charge in [0.25, 0.3) is 10.0 Å². The van der Waals surface area contributed by atoms with Gasteiger partial charge in [-0.05, 0) is 89.9 Å². The van der Waals surface area contributed by atoms with E-state index < -0.39 is 28.5 Å². The number of hydrogen-bond donors (Lipinski definition) is 1. The van der Waals surface area contributed by atoms with E-state index in [2.05, 4.69) is 27.9 Å². The minimum atomic E-state index is -4.12. The van der Waals surface area contributed by atoms with Crippen LogP contribution in [0.3, 0.4) is 0 Å². The standard InChI is InChI=1S/C37H40IN3O4S/c1-28-17-19-30(20-18-28)26-40(35(25-29-11-5-2-6-12-29)37(43)39-32-13-7-3-8-14-32)36(42)27-41(33-23-21-31(38)22-24-33)46(44,45)34-15-9-4-10-16-34/h2,4-6,9-12,15-24,32,35H,3,7-8,13-14,25-27H2,1H3,(H,39,43). The predicted molar refractivity (Wildman–Crippen MR) is 191 cm³/mol. The summed E-state index contributed by atoms with van der Waals surface area (Å²) in [5, 5.41) is 3.25. The Morgan fingerprint density at radius 3 is 2.04 bits per heavy atom. The van der Waals surface area contributed by atoms with E-state index in [1.807, 2.05) is 73.7 Å². The number of carbonyl (C=O) groups excluding carboxylic acids is 2. The fraction of sp³-hybridized carbons (Fsp3) is 0.297. The highest BCUT2D eigenvalue weighted by Crippen LogP contribution is 2.26. The molecule has 0 aromatic heterocycles. The lowest BCUT2D eigenvalue weighted by Crippen LogP contribution is -2.55. The summed E-state index contributed by atoms with van der Waals surface area (Å²) in [5.74, 6) is -0.679. The van der Waals surface area contributed by atoms with Crippen molar-refractivity contribution in [1.82, 2.24) is 10.2 Å². The van der Waals surface area contributed by atoms with E-state index in [9.17, 15) is 18.0 Å². The van der Waals surface area contributed by atoms with Crippen molar-refractivity contribution in [1.29, 1.82) is 0 Å². The summed E-state index contributed by atoms with van der Waals surface area (Å²) in [6.45, 7) is 1.68. The number of aryl methyl sites for hydroxylation is 1. The minimum absolute atomic E-state index is 0.0533. The fourth-order valence-electron chi connectivity index (χ4n) is 5.84. The minimum Gasteiger partial charge on any atom is -0.352 e. The predicted octanol–water partition coefficient (Wildman–Crippen LogP) is 6.88. The van der Waals surface area contributed by atoms with Crippen molar-refractivity contribution in [3.63, 3.8) is 0 Å². The van der Waals surface area contributed by atoms with Gasteiger partial charge in [-0.25, -0.2) is 8.42 Å². The van der Waals surface area contributed by atoms with Crippen LogP contribution in [0, 0.1) is 10.5 Å². The summed E-state index contributed by atoms with van der Waals surface area (Å²) in [7, 11) is -4.12. The highest BCUT2D eigenvalue weighted by molar-refractivity contribution is 14.1. The van der Waals surface area contributed by atoms with Gasteiger partial charge in [-0.1, -0.05) is 97.6 Å². The maximum absolute atomic E-state index is 14.6. The third-order valence-electron chi connectivity index (χ3n) is 8.42. The van der Waals surface area contributed by atoms with Crippen LogP contribution in [0.4, 0.5) is 5.69 Å². The second kappa shape index (κ2) is 15.7. The number of halogens is 1. The monoisotopic (exact) mass is 749 g/mol. The molecule has 9 heteroatoms. The zero-order valence-corrected chi connectivity index (χ0v) is 29.0. The first kappa shape index (κ1) is 33.7. The van der Waals surface area contributed by atoms with Gasteiger partial charge in [0.05, 0.1) is 10.6 Å². The van der Waals surface area contributed by atoms with Crippen molar-refractivity contribution in [2.24, 2.45) is 0 Å². The Labute approximate surface area is 286 Å². The van der Waals surface area contributed by atoms with Gasteiger partial charge < -0.3 is 10.2 Å². The third kappa shape index (κ3) is 8.76. The number of benzene rings is 4. The van der Waals surface area contributed by atoms with Gasteiger partial charge in [0.15, 0.2) is 0 Å². The number of sulfonamides is 1. The summed E-state index contributed by atoms with van der Waals surface area (Å²) < 4.78 is 30.3. The van der Waals surface area contributed by atoms with Gasteiger partial charge in [-0.3, -0.25) is 13.9 Å². The topological polar surface area (TPSA) is 86.8 Å². The Bertz CT molecular complexity index is 1690. The molecule has 0 aliphatic heterocycles. The zero-order valence-electron chi connectivity index (χ0n) is 26.0. The fourth-order valence-corrected chi connectivity index (χ4v) is 7.64. The number of nitrogens with one attached hydrogen (secondary N) is 1. The second-order valence-electron chi connectivity index (χ2n) is 11.9. The van der Waals surface area contributed by atoms with Crippen molar-refractivity contribution in [3.05, 3.63) is 129 Å². The summed E-state index contributed by atoms with van der Waals surface area (Å²) in [6.07, 6.45) is 5.39. The number of amides is 2. The molecule has 0 spiro atoms.